The van der Waals surface area contributed by atoms with Crippen LogP contribution in [-0.2, 0) is 14.3 Å². The average Bonchev–Trinajstić information content (AvgIpc) is 2.63. The molecule has 2 aromatic rings. The van der Waals surface area contributed by atoms with Crippen molar-refractivity contribution in [3.63, 3.8) is 0 Å². The molecule has 148 valence electrons. The summed E-state index contributed by atoms with van der Waals surface area (Å²) in [5.74, 6) is -2.00. The maximum Gasteiger partial charge on any atom is 0.326 e. The molecule has 2 rings (SSSR count). The number of ether oxygens (including phenoxy) is 1. The van der Waals surface area contributed by atoms with Crippen LogP contribution in [0, 0.1) is 0 Å². The molecule has 0 aromatic heterocycles. The number of hydrogen-bond acceptors (Lipinski definition) is 4. The van der Waals surface area contributed by atoms with Crippen molar-refractivity contribution in [1.29, 1.82) is 0 Å². The fourth-order valence-corrected chi connectivity index (χ4v) is 2.89. The lowest BCUT2D eigenvalue weighted by molar-refractivity contribution is -0.152. The SMILES string of the molecule is CC(OC(=O)CNC(=O)c1ccc(Cl)cc1Cl)C(=O)Nc1cccc(Cl)c1Cl. The van der Waals surface area contributed by atoms with Crippen LogP contribution in [0.1, 0.15) is 17.3 Å². The molecule has 6 nitrogen and oxygen atoms in total. The number of amides is 2. The Morgan fingerprint density at radius 2 is 1.75 bits per heavy atom. The number of carbonyl (C=O) groups is 3. The molecule has 10 heteroatoms. The highest BCUT2D eigenvalue weighted by molar-refractivity contribution is 6.44. The molecule has 1 unspecified atom stereocenters. The molecule has 0 spiro atoms. The number of nitrogens with one attached hydrogen (secondary N) is 2. The first-order valence-corrected chi connectivity index (χ1v) is 9.38. The van der Waals surface area contributed by atoms with Gasteiger partial charge in [0.1, 0.15) is 6.54 Å². The van der Waals surface area contributed by atoms with Crippen LogP contribution in [-0.4, -0.2) is 30.4 Å². The van der Waals surface area contributed by atoms with Crippen LogP contribution in [0.25, 0.3) is 0 Å². The van der Waals surface area contributed by atoms with E-state index in [0.717, 1.165) is 0 Å². The standard InChI is InChI=1S/C18H14Cl4N2O4/c1-9(17(26)24-14-4-2-3-12(20)16(14)22)28-15(25)8-23-18(27)11-6-5-10(19)7-13(11)21/h2-7,9H,8H2,1H3,(H,23,27)(H,24,26). The number of benzene rings is 2. The van der Waals surface area contributed by atoms with Crippen molar-refractivity contribution < 1.29 is 19.1 Å². The normalized spacial score (nSPS) is 11.5. The minimum Gasteiger partial charge on any atom is -0.451 e. The molecule has 0 bridgehead atoms. The summed E-state index contributed by atoms with van der Waals surface area (Å²) in [5.41, 5.74) is 0.438. The first-order valence-electron chi connectivity index (χ1n) is 7.86. The van der Waals surface area contributed by atoms with E-state index >= 15 is 0 Å². The molecule has 0 saturated carbocycles. The van der Waals surface area contributed by atoms with Crippen molar-refractivity contribution in [1.82, 2.24) is 5.32 Å². The highest BCUT2D eigenvalue weighted by Crippen LogP contribution is 2.29. The molecule has 0 fully saturated rings. The van der Waals surface area contributed by atoms with Crippen LogP contribution in [0.5, 0.6) is 0 Å². The predicted octanol–water partition coefficient (Wildman–Crippen LogP) is 4.60. The van der Waals surface area contributed by atoms with Gasteiger partial charge in [-0.1, -0.05) is 52.5 Å². The van der Waals surface area contributed by atoms with Gasteiger partial charge in [0.15, 0.2) is 6.10 Å². The molecule has 1 atom stereocenters. The van der Waals surface area contributed by atoms with Crippen molar-refractivity contribution in [2.24, 2.45) is 0 Å². The smallest absolute Gasteiger partial charge is 0.326 e. The van der Waals surface area contributed by atoms with Crippen LogP contribution in [0.3, 0.4) is 0 Å². The maximum absolute atomic E-state index is 12.1. The molecular weight excluding hydrogens is 450 g/mol. The summed E-state index contributed by atoms with van der Waals surface area (Å²) in [4.78, 5) is 36.1. The lowest BCUT2D eigenvalue weighted by Gasteiger charge is -2.15. The molecule has 0 saturated heterocycles. The van der Waals surface area contributed by atoms with Gasteiger partial charge >= 0.3 is 5.97 Å². The molecule has 2 N–H and O–H groups in total. The Hall–Kier alpha value is -1.99. The van der Waals surface area contributed by atoms with Gasteiger partial charge in [-0.3, -0.25) is 14.4 Å². The molecule has 28 heavy (non-hydrogen) atoms. The minimum atomic E-state index is -1.13. The highest BCUT2D eigenvalue weighted by atomic mass is 35.5. The molecule has 2 aromatic carbocycles. The van der Waals surface area contributed by atoms with Crippen LogP contribution >= 0.6 is 46.4 Å². The summed E-state index contributed by atoms with van der Waals surface area (Å²) in [6, 6.07) is 9.06. The third-order valence-corrected chi connectivity index (χ3v) is 4.82. The van der Waals surface area contributed by atoms with Crippen molar-refractivity contribution in [2.75, 3.05) is 11.9 Å². The summed E-state index contributed by atoms with van der Waals surface area (Å²) >= 11 is 23.6. The molecular formula is C18H14Cl4N2O4. The van der Waals surface area contributed by atoms with E-state index in [-0.39, 0.29) is 26.3 Å². The number of esters is 1. The van der Waals surface area contributed by atoms with Gasteiger partial charge in [0.25, 0.3) is 11.8 Å². The van der Waals surface area contributed by atoms with Gasteiger partial charge in [0.2, 0.25) is 0 Å². The van der Waals surface area contributed by atoms with Crippen LogP contribution in [0.2, 0.25) is 20.1 Å². The first-order chi connectivity index (χ1) is 13.2. The molecule has 0 aliphatic heterocycles. The van der Waals surface area contributed by atoms with Crippen molar-refractivity contribution in [2.45, 2.75) is 13.0 Å². The number of hydrogen-bond donors (Lipinski definition) is 2. The average molecular weight is 464 g/mol. The van der Waals surface area contributed by atoms with Gasteiger partial charge in [-0.15, -0.1) is 0 Å². The van der Waals surface area contributed by atoms with Gasteiger partial charge in [0.05, 0.1) is 26.3 Å². The van der Waals surface area contributed by atoms with E-state index < -0.39 is 30.4 Å². The zero-order valence-corrected chi connectivity index (χ0v) is 17.4. The summed E-state index contributed by atoms with van der Waals surface area (Å²) in [6.07, 6.45) is -1.13. The number of carbonyl (C=O) groups excluding carboxylic acids is 3. The number of anilines is 1. The van der Waals surface area contributed by atoms with Crippen molar-refractivity contribution in [3.05, 3.63) is 62.1 Å². The zero-order valence-electron chi connectivity index (χ0n) is 14.4. The van der Waals surface area contributed by atoms with E-state index in [1.165, 1.54) is 25.1 Å². The minimum absolute atomic E-state index is 0.143. The van der Waals surface area contributed by atoms with Gasteiger partial charge < -0.3 is 15.4 Å². The van der Waals surface area contributed by atoms with E-state index in [2.05, 4.69) is 10.6 Å². The van der Waals surface area contributed by atoms with Crippen molar-refractivity contribution >= 4 is 69.9 Å². The summed E-state index contributed by atoms with van der Waals surface area (Å²) in [5, 5.41) is 5.83. The Morgan fingerprint density at radius 3 is 2.43 bits per heavy atom. The highest BCUT2D eigenvalue weighted by Gasteiger charge is 2.20. The van der Waals surface area contributed by atoms with Gasteiger partial charge in [-0.05, 0) is 37.3 Å². The van der Waals surface area contributed by atoms with Crippen LogP contribution in [0.4, 0.5) is 5.69 Å². The van der Waals surface area contributed by atoms with Gasteiger partial charge in [0, 0.05) is 5.02 Å². The second kappa shape index (κ2) is 9.98. The second-order valence-electron chi connectivity index (χ2n) is 5.53. The van der Waals surface area contributed by atoms with E-state index in [9.17, 15) is 14.4 Å². The third-order valence-electron chi connectivity index (χ3n) is 3.46. The molecule has 0 aliphatic carbocycles. The van der Waals surface area contributed by atoms with Crippen molar-refractivity contribution in [3.8, 4) is 0 Å². The Morgan fingerprint density at radius 1 is 1.04 bits per heavy atom. The predicted molar refractivity (Wildman–Crippen MR) is 109 cm³/mol. The number of halogens is 4. The molecule has 2 amide bonds. The van der Waals surface area contributed by atoms with Gasteiger partial charge in [-0.2, -0.15) is 0 Å². The first kappa shape index (κ1) is 22.3. The number of rotatable bonds is 6. The topological polar surface area (TPSA) is 84.5 Å². The summed E-state index contributed by atoms with van der Waals surface area (Å²) in [6.45, 7) is 0.927. The van der Waals surface area contributed by atoms with E-state index in [1.807, 2.05) is 0 Å². The summed E-state index contributed by atoms with van der Waals surface area (Å²) < 4.78 is 4.99. The Balaban J connectivity index is 1.87. The quantitative estimate of drug-likeness (QED) is 0.613. The lowest BCUT2D eigenvalue weighted by Crippen LogP contribution is -2.36. The maximum atomic E-state index is 12.1. The third kappa shape index (κ3) is 6.01. The van der Waals surface area contributed by atoms with Gasteiger partial charge in [-0.25, -0.2) is 0 Å². The van der Waals surface area contributed by atoms with E-state index in [4.69, 9.17) is 51.1 Å². The largest absolute Gasteiger partial charge is 0.451 e. The fraction of sp³-hybridized carbons (Fsp3) is 0.167. The monoisotopic (exact) mass is 462 g/mol. The lowest BCUT2D eigenvalue weighted by atomic mass is 10.2. The van der Waals surface area contributed by atoms with Crippen LogP contribution in [0.15, 0.2) is 36.4 Å². The van der Waals surface area contributed by atoms with Crippen LogP contribution < -0.4 is 10.6 Å². The second-order valence-corrected chi connectivity index (χ2v) is 7.16. The molecule has 0 aliphatic rings. The molecule has 0 heterocycles. The Kier molecular flexibility index (Phi) is 7.95. The summed E-state index contributed by atoms with van der Waals surface area (Å²) in [7, 11) is 0. The molecule has 0 radical (unpaired) electrons. The van der Waals surface area contributed by atoms with E-state index in [0.29, 0.717) is 5.02 Å². The Labute approximate surface area is 181 Å². The Bertz CT molecular complexity index is 920. The fourth-order valence-electron chi connectivity index (χ4n) is 2.05. The van der Waals surface area contributed by atoms with E-state index in [1.54, 1.807) is 18.2 Å². The zero-order chi connectivity index (χ0) is 20.8.